The lowest BCUT2D eigenvalue weighted by atomic mass is 10.1. The van der Waals surface area contributed by atoms with Crippen molar-refractivity contribution in [1.82, 2.24) is 4.98 Å². The highest BCUT2D eigenvalue weighted by atomic mass is 35.5. The summed E-state index contributed by atoms with van der Waals surface area (Å²) in [4.78, 5) is 25.6. The van der Waals surface area contributed by atoms with Crippen LogP contribution >= 0.6 is 23.4 Å². The van der Waals surface area contributed by atoms with Gasteiger partial charge in [-0.15, -0.1) is 11.8 Å². The zero-order valence-corrected chi connectivity index (χ0v) is 15.1. The highest BCUT2D eigenvalue weighted by molar-refractivity contribution is 7.99. The zero-order valence-electron chi connectivity index (χ0n) is 13.6. The van der Waals surface area contributed by atoms with E-state index in [-0.39, 0.29) is 32.3 Å². The normalized spacial score (nSPS) is 11.0. The van der Waals surface area contributed by atoms with Gasteiger partial charge in [-0.25, -0.2) is 0 Å². The number of nitrogens with one attached hydrogen (secondary N) is 1. The molecular weight excluding hydrogens is 376 g/mol. The molecule has 0 aliphatic heterocycles. The molecule has 0 saturated carbocycles. The molecule has 1 aromatic heterocycles. The summed E-state index contributed by atoms with van der Waals surface area (Å²) in [5.41, 5.74) is 0.499. The molecule has 0 unspecified atom stereocenters. The van der Waals surface area contributed by atoms with Gasteiger partial charge >= 0.3 is 0 Å². The van der Waals surface area contributed by atoms with E-state index in [1.807, 2.05) is 30.3 Å². The number of hydrogen-bond acceptors (Lipinski definition) is 5. The molecule has 0 atom stereocenters. The fraction of sp³-hybridized carbons (Fsp3) is 0.167. The number of halogens is 1. The molecule has 0 amide bonds. The summed E-state index contributed by atoms with van der Waals surface area (Å²) in [7, 11) is 0. The highest BCUT2D eigenvalue weighted by Crippen LogP contribution is 2.38. The Hall–Kier alpha value is -2.51. The summed E-state index contributed by atoms with van der Waals surface area (Å²) in [5, 5.41) is 21.9. The van der Waals surface area contributed by atoms with Crippen molar-refractivity contribution in [2.24, 2.45) is 0 Å². The molecule has 0 radical (unpaired) electrons. The number of aromatic nitrogens is 1. The van der Waals surface area contributed by atoms with E-state index >= 15 is 0 Å². The Bertz CT molecular complexity index is 1020. The fourth-order valence-corrected chi connectivity index (χ4v) is 3.84. The van der Waals surface area contributed by atoms with Crippen molar-refractivity contribution in [3.63, 3.8) is 0 Å². The number of pyridine rings is 1. The molecule has 8 heteroatoms. The molecule has 0 aliphatic rings. The van der Waals surface area contributed by atoms with E-state index in [0.717, 1.165) is 18.9 Å². The second-order valence-corrected chi connectivity index (χ2v) is 7.22. The first-order valence-electron chi connectivity index (χ1n) is 7.87. The van der Waals surface area contributed by atoms with Crippen LogP contribution in [-0.4, -0.2) is 20.8 Å². The van der Waals surface area contributed by atoms with E-state index in [1.165, 1.54) is 23.4 Å². The maximum absolute atomic E-state index is 12.3. The van der Waals surface area contributed by atoms with Crippen LogP contribution in [0.25, 0.3) is 10.9 Å². The summed E-state index contributed by atoms with van der Waals surface area (Å²) >= 11 is 7.04. The van der Waals surface area contributed by atoms with Crippen LogP contribution in [0.2, 0.25) is 5.02 Å². The molecule has 0 saturated heterocycles. The standard InChI is InChI=1S/C18H15ClN2O4S/c19-12-9-13-15(14(10-12)21(24)25)16(22)17(18(23)20-13)26-8-4-7-11-5-2-1-3-6-11/h1-3,5-6,9-10H,4,7-8H2,(H2,20,22,23). The smallest absolute Gasteiger partial charge is 0.283 e. The lowest BCUT2D eigenvalue weighted by Gasteiger charge is -2.08. The number of aromatic amines is 1. The molecular formula is C18H15ClN2O4S. The van der Waals surface area contributed by atoms with Crippen molar-refractivity contribution in [2.75, 3.05) is 5.75 Å². The maximum atomic E-state index is 12.3. The number of rotatable bonds is 6. The number of hydrogen-bond donors (Lipinski definition) is 2. The zero-order chi connectivity index (χ0) is 18.7. The lowest BCUT2D eigenvalue weighted by molar-refractivity contribution is -0.383. The summed E-state index contributed by atoms with van der Waals surface area (Å²) < 4.78 is 0. The van der Waals surface area contributed by atoms with Crippen molar-refractivity contribution in [1.29, 1.82) is 0 Å². The number of nitro benzene ring substituents is 1. The van der Waals surface area contributed by atoms with E-state index in [2.05, 4.69) is 4.98 Å². The Morgan fingerprint density at radius 1 is 1.23 bits per heavy atom. The second-order valence-electron chi connectivity index (χ2n) is 5.67. The van der Waals surface area contributed by atoms with Gasteiger partial charge in [-0.05, 0) is 30.2 Å². The Morgan fingerprint density at radius 2 is 1.96 bits per heavy atom. The maximum Gasteiger partial charge on any atom is 0.283 e. The fourth-order valence-electron chi connectivity index (χ4n) is 2.71. The SMILES string of the molecule is O=c1[nH]c2cc(Cl)cc([N+](=O)[O-])c2c(O)c1SCCCc1ccccc1. The van der Waals surface area contributed by atoms with Gasteiger partial charge in [0.25, 0.3) is 11.2 Å². The third-order valence-electron chi connectivity index (χ3n) is 3.88. The van der Waals surface area contributed by atoms with Crippen molar-refractivity contribution in [3.8, 4) is 5.75 Å². The summed E-state index contributed by atoms with van der Waals surface area (Å²) in [6.07, 6.45) is 1.64. The van der Waals surface area contributed by atoms with E-state index in [1.54, 1.807) is 0 Å². The van der Waals surface area contributed by atoms with Crippen LogP contribution in [0.5, 0.6) is 5.75 Å². The third-order valence-corrected chi connectivity index (χ3v) is 5.26. The Kier molecular flexibility index (Phi) is 5.49. The minimum absolute atomic E-state index is 0.00967. The van der Waals surface area contributed by atoms with Crippen molar-refractivity contribution in [2.45, 2.75) is 17.7 Å². The Balaban J connectivity index is 1.86. The summed E-state index contributed by atoms with van der Waals surface area (Å²) in [6, 6.07) is 12.5. The average Bonchev–Trinajstić information content (AvgIpc) is 2.60. The number of benzene rings is 2. The Morgan fingerprint density at radius 3 is 2.65 bits per heavy atom. The first-order valence-corrected chi connectivity index (χ1v) is 9.23. The number of aromatic hydroxyl groups is 1. The quantitative estimate of drug-likeness (QED) is 0.279. The number of nitro groups is 1. The van der Waals surface area contributed by atoms with E-state index < -0.39 is 10.5 Å². The molecule has 2 aromatic carbocycles. The summed E-state index contributed by atoms with van der Waals surface area (Å²) in [5.74, 6) is 0.218. The van der Waals surface area contributed by atoms with Crippen LogP contribution in [0.15, 0.2) is 52.2 Å². The van der Waals surface area contributed by atoms with Crippen LogP contribution < -0.4 is 5.56 Å². The van der Waals surface area contributed by atoms with Crippen LogP contribution in [0.1, 0.15) is 12.0 Å². The number of aryl methyl sites for hydroxylation is 1. The van der Waals surface area contributed by atoms with Gasteiger partial charge in [0.1, 0.15) is 10.3 Å². The van der Waals surface area contributed by atoms with E-state index in [9.17, 15) is 20.0 Å². The number of nitrogens with zero attached hydrogens (tertiary/aromatic N) is 1. The molecule has 3 rings (SSSR count). The third kappa shape index (κ3) is 3.84. The van der Waals surface area contributed by atoms with Crippen molar-refractivity contribution >= 4 is 40.0 Å². The molecule has 26 heavy (non-hydrogen) atoms. The molecule has 134 valence electrons. The molecule has 0 fully saturated rings. The highest BCUT2D eigenvalue weighted by Gasteiger charge is 2.22. The van der Waals surface area contributed by atoms with Crippen LogP contribution in [0, 0.1) is 10.1 Å². The molecule has 0 spiro atoms. The minimum Gasteiger partial charge on any atom is -0.506 e. The number of thioether (sulfide) groups is 1. The predicted molar refractivity (Wildman–Crippen MR) is 103 cm³/mol. The molecule has 6 nitrogen and oxygen atoms in total. The van der Waals surface area contributed by atoms with Gasteiger partial charge in [0.15, 0.2) is 5.75 Å². The average molecular weight is 391 g/mol. The molecule has 0 bridgehead atoms. The monoisotopic (exact) mass is 390 g/mol. The Labute approximate surface area is 158 Å². The van der Waals surface area contributed by atoms with Crippen molar-refractivity contribution < 1.29 is 10.0 Å². The number of fused-ring (bicyclic) bond motifs is 1. The van der Waals surface area contributed by atoms with E-state index in [4.69, 9.17) is 11.6 Å². The first kappa shape index (κ1) is 18.3. The van der Waals surface area contributed by atoms with Gasteiger partial charge in [-0.1, -0.05) is 41.9 Å². The predicted octanol–water partition coefficient (Wildman–Crippen LogP) is 4.52. The number of H-pyrrole nitrogens is 1. The molecule has 2 N–H and O–H groups in total. The minimum atomic E-state index is -0.629. The van der Waals surface area contributed by atoms with Gasteiger partial charge in [0, 0.05) is 11.1 Å². The topological polar surface area (TPSA) is 96.2 Å². The first-order chi connectivity index (χ1) is 12.5. The summed E-state index contributed by atoms with van der Waals surface area (Å²) in [6.45, 7) is 0. The largest absolute Gasteiger partial charge is 0.506 e. The van der Waals surface area contributed by atoms with Gasteiger partial charge in [0.2, 0.25) is 0 Å². The van der Waals surface area contributed by atoms with Gasteiger partial charge in [-0.2, -0.15) is 0 Å². The molecule has 0 aliphatic carbocycles. The van der Waals surface area contributed by atoms with Crippen LogP contribution in [0.3, 0.4) is 0 Å². The van der Waals surface area contributed by atoms with E-state index in [0.29, 0.717) is 5.75 Å². The molecule has 1 heterocycles. The van der Waals surface area contributed by atoms with Crippen LogP contribution in [-0.2, 0) is 6.42 Å². The van der Waals surface area contributed by atoms with Gasteiger partial charge in [0.05, 0.1) is 10.4 Å². The second kappa shape index (κ2) is 7.80. The number of non-ortho nitro benzene ring substituents is 1. The van der Waals surface area contributed by atoms with Crippen LogP contribution in [0.4, 0.5) is 5.69 Å². The van der Waals surface area contributed by atoms with Gasteiger partial charge in [-0.3, -0.25) is 14.9 Å². The van der Waals surface area contributed by atoms with Crippen molar-refractivity contribution in [3.05, 3.63) is 73.5 Å². The van der Waals surface area contributed by atoms with Gasteiger partial charge < -0.3 is 10.1 Å². The molecule has 3 aromatic rings. The lowest BCUT2D eigenvalue weighted by Crippen LogP contribution is -2.10.